The number of rotatable bonds is 6. The summed E-state index contributed by atoms with van der Waals surface area (Å²) in [4.78, 5) is 11.1. The fourth-order valence-electron chi connectivity index (χ4n) is 1.77. The maximum atomic E-state index is 11.1. The van der Waals surface area contributed by atoms with Crippen LogP contribution in [0.1, 0.15) is 31.4 Å². The predicted molar refractivity (Wildman–Crippen MR) is 65.2 cm³/mol. The number of nitrogens with one attached hydrogen (secondary N) is 2. The molecule has 0 saturated carbocycles. The molecule has 2 N–H and O–H groups in total. The first-order valence-corrected chi connectivity index (χ1v) is 5.74. The fourth-order valence-corrected chi connectivity index (χ4v) is 1.77. The van der Waals surface area contributed by atoms with Crippen molar-refractivity contribution in [2.75, 3.05) is 14.1 Å². The summed E-state index contributed by atoms with van der Waals surface area (Å²) in [5, 5.41) is 5.89. The largest absolute Gasteiger partial charge is 0.359 e. The molecule has 0 aliphatic rings. The average Bonchev–Trinajstić information content (AvgIpc) is 2.76. The van der Waals surface area contributed by atoms with Crippen LogP contribution in [0, 0.1) is 0 Å². The number of hydrogen-bond acceptors (Lipinski definition) is 2. The van der Waals surface area contributed by atoms with Crippen molar-refractivity contribution in [3.05, 3.63) is 24.0 Å². The lowest BCUT2D eigenvalue weighted by molar-refractivity contribution is -0.120. The summed E-state index contributed by atoms with van der Waals surface area (Å²) in [6, 6.07) is 2.51. The van der Waals surface area contributed by atoms with Crippen molar-refractivity contribution in [1.82, 2.24) is 15.2 Å². The molecular formula is C12H21N3O. The first kappa shape index (κ1) is 12.8. The molecular weight excluding hydrogens is 202 g/mol. The summed E-state index contributed by atoms with van der Waals surface area (Å²) in [5.41, 5.74) is 1.28. The maximum Gasteiger partial charge on any atom is 0.221 e. The highest BCUT2D eigenvalue weighted by Crippen LogP contribution is 2.16. The van der Waals surface area contributed by atoms with Crippen LogP contribution in [-0.4, -0.2) is 24.6 Å². The Hall–Kier alpha value is -1.29. The second kappa shape index (κ2) is 6.33. The van der Waals surface area contributed by atoms with E-state index < -0.39 is 0 Å². The van der Waals surface area contributed by atoms with Gasteiger partial charge in [-0.3, -0.25) is 4.79 Å². The summed E-state index contributed by atoms with van der Waals surface area (Å²) in [5.74, 6) is 0.0795. The first-order valence-electron chi connectivity index (χ1n) is 5.74. The van der Waals surface area contributed by atoms with E-state index in [1.807, 2.05) is 13.2 Å². The summed E-state index contributed by atoms with van der Waals surface area (Å²) in [6.07, 6.45) is 5.73. The molecule has 0 radical (unpaired) electrons. The van der Waals surface area contributed by atoms with Gasteiger partial charge in [0, 0.05) is 38.4 Å². The number of hydrogen-bond donors (Lipinski definition) is 2. The first-order chi connectivity index (χ1) is 7.71. The molecule has 90 valence electrons. The van der Waals surface area contributed by atoms with Crippen molar-refractivity contribution in [2.45, 2.75) is 32.4 Å². The molecule has 0 aliphatic heterocycles. The van der Waals surface area contributed by atoms with E-state index in [-0.39, 0.29) is 5.91 Å². The molecule has 1 aromatic rings. The third-order valence-corrected chi connectivity index (χ3v) is 2.81. The van der Waals surface area contributed by atoms with Gasteiger partial charge >= 0.3 is 0 Å². The summed E-state index contributed by atoms with van der Waals surface area (Å²) >= 11 is 0. The Kier molecular flexibility index (Phi) is 5.05. The van der Waals surface area contributed by atoms with Gasteiger partial charge in [-0.15, -0.1) is 0 Å². The Morgan fingerprint density at radius 2 is 2.25 bits per heavy atom. The Balaban J connectivity index is 2.54. The van der Waals surface area contributed by atoms with Crippen molar-refractivity contribution in [3.63, 3.8) is 0 Å². The van der Waals surface area contributed by atoms with E-state index >= 15 is 0 Å². The number of nitrogens with zero attached hydrogens (tertiary/aromatic N) is 1. The highest BCUT2D eigenvalue weighted by atomic mass is 16.1. The zero-order valence-corrected chi connectivity index (χ0v) is 10.3. The van der Waals surface area contributed by atoms with E-state index in [4.69, 9.17) is 0 Å². The highest BCUT2D eigenvalue weighted by molar-refractivity contribution is 5.75. The number of aromatic nitrogens is 1. The molecule has 1 rings (SSSR count). The van der Waals surface area contributed by atoms with Crippen molar-refractivity contribution in [2.24, 2.45) is 0 Å². The number of carbonyl (C=O) groups excluding carboxylic acids is 1. The standard InChI is InChI=1S/C12H21N3O/c1-4-11(13-2)10-5-7-15(9-10)8-6-12(16)14-3/h5,7,9,11,13H,4,6,8H2,1-3H3,(H,14,16). The van der Waals surface area contributed by atoms with Crippen LogP contribution in [0.25, 0.3) is 0 Å². The Labute approximate surface area is 97.0 Å². The van der Waals surface area contributed by atoms with Crippen LogP contribution in [0.4, 0.5) is 0 Å². The van der Waals surface area contributed by atoms with E-state index in [1.165, 1.54) is 5.56 Å². The Bertz CT molecular complexity index is 329. The van der Waals surface area contributed by atoms with Crippen LogP contribution in [0.3, 0.4) is 0 Å². The third-order valence-electron chi connectivity index (χ3n) is 2.81. The van der Waals surface area contributed by atoms with Crippen LogP contribution in [0.15, 0.2) is 18.5 Å². The minimum atomic E-state index is 0.0795. The smallest absolute Gasteiger partial charge is 0.221 e. The van der Waals surface area contributed by atoms with Crippen LogP contribution >= 0.6 is 0 Å². The van der Waals surface area contributed by atoms with Gasteiger partial charge in [0.25, 0.3) is 0 Å². The van der Waals surface area contributed by atoms with Gasteiger partial charge in [-0.2, -0.15) is 0 Å². The quantitative estimate of drug-likeness (QED) is 0.763. The van der Waals surface area contributed by atoms with E-state index in [0.717, 1.165) is 13.0 Å². The monoisotopic (exact) mass is 223 g/mol. The summed E-state index contributed by atoms with van der Waals surface area (Å²) < 4.78 is 2.06. The molecule has 0 bridgehead atoms. The van der Waals surface area contributed by atoms with Gasteiger partial charge in [0.1, 0.15) is 0 Å². The Morgan fingerprint density at radius 3 is 2.81 bits per heavy atom. The molecule has 1 amide bonds. The van der Waals surface area contributed by atoms with E-state index in [0.29, 0.717) is 12.5 Å². The predicted octanol–water partition coefficient (Wildman–Crippen LogP) is 1.29. The molecule has 1 heterocycles. The van der Waals surface area contributed by atoms with Crippen LogP contribution in [-0.2, 0) is 11.3 Å². The molecule has 0 saturated heterocycles. The fraction of sp³-hybridized carbons (Fsp3) is 0.583. The molecule has 1 unspecified atom stereocenters. The van der Waals surface area contributed by atoms with Gasteiger partial charge < -0.3 is 15.2 Å². The summed E-state index contributed by atoms with van der Waals surface area (Å²) in [7, 11) is 3.63. The van der Waals surface area contributed by atoms with Crippen molar-refractivity contribution < 1.29 is 4.79 Å². The summed E-state index contributed by atoms with van der Waals surface area (Å²) in [6.45, 7) is 2.89. The molecule has 0 fully saturated rings. The van der Waals surface area contributed by atoms with Crippen molar-refractivity contribution >= 4 is 5.91 Å². The lowest BCUT2D eigenvalue weighted by Crippen LogP contribution is -2.19. The SMILES string of the molecule is CCC(NC)c1ccn(CCC(=O)NC)c1. The van der Waals surface area contributed by atoms with Crippen LogP contribution in [0.5, 0.6) is 0 Å². The van der Waals surface area contributed by atoms with Gasteiger partial charge in [0.05, 0.1) is 0 Å². The molecule has 0 aromatic carbocycles. The van der Waals surface area contributed by atoms with Crippen LogP contribution in [0.2, 0.25) is 0 Å². The minimum absolute atomic E-state index is 0.0795. The lowest BCUT2D eigenvalue weighted by atomic mass is 10.1. The normalized spacial score (nSPS) is 12.4. The zero-order valence-electron chi connectivity index (χ0n) is 10.3. The van der Waals surface area contributed by atoms with Gasteiger partial charge in [0.15, 0.2) is 0 Å². The molecule has 0 aliphatic carbocycles. The number of amides is 1. The second-order valence-electron chi connectivity index (χ2n) is 3.86. The van der Waals surface area contributed by atoms with E-state index in [2.05, 4.69) is 34.4 Å². The second-order valence-corrected chi connectivity index (χ2v) is 3.86. The molecule has 1 aromatic heterocycles. The third kappa shape index (κ3) is 3.38. The van der Waals surface area contributed by atoms with Gasteiger partial charge in [-0.1, -0.05) is 6.92 Å². The Morgan fingerprint density at radius 1 is 1.50 bits per heavy atom. The maximum absolute atomic E-state index is 11.1. The van der Waals surface area contributed by atoms with Crippen molar-refractivity contribution in [3.8, 4) is 0 Å². The molecule has 4 heteroatoms. The van der Waals surface area contributed by atoms with Gasteiger partial charge in [0.2, 0.25) is 5.91 Å². The molecule has 0 spiro atoms. The topological polar surface area (TPSA) is 46.1 Å². The molecule has 4 nitrogen and oxygen atoms in total. The zero-order chi connectivity index (χ0) is 12.0. The molecule has 16 heavy (non-hydrogen) atoms. The number of carbonyl (C=O) groups is 1. The van der Waals surface area contributed by atoms with Crippen molar-refractivity contribution in [1.29, 1.82) is 0 Å². The average molecular weight is 223 g/mol. The highest BCUT2D eigenvalue weighted by Gasteiger charge is 2.08. The van der Waals surface area contributed by atoms with Gasteiger partial charge in [-0.05, 0) is 25.1 Å². The lowest BCUT2D eigenvalue weighted by Gasteiger charge is -2.11. The van der Waals surface area contributed by atoms with E-state index in [1.54, 1.807) is 7.05 Å². The minimum Gasteiger partial charge on any atom is -0.359 e. The van der Waals surface area contributed by atoms with Gasteiger partial charge in [-0.25, -0.2) is 0 Å². The number of aryl methyl sites for hydroxylation is 1. The van der Waals surface area contributed by atoms with Crippen LogP contribution < -0.4 is 10.6 Å². The van der Waals surface area contributed by atoms with E-state index in [9.17, 15) is 4.79 Å². The molecule has 1 atom stereocenters.